The van der Waals surface area contributed by atoms with Crippen molar-refractivity contribution in [2.75, 3.05) is 6.54 Å². The molecule has 5 bridgehead atoms. The number of carbonyl (C=O) groups excluding carboxylic acids is 4. The van der Waals surface area contributed by atoms with Crippen LogP contribution in [0, 0.1) is 17.3 Å². The number of hydrogen-bond donors (Lipinski definition) is 3. The molecule has 0 aliphatic carbocycles. The Balaban J connectivity index is 1.51. The summed E-state index contributed by atoms with van der Waals surface area (Å²) >= 11 is 0. The maximum Gasteiger partial charge on any atom is 0.325 e. The highest BCUT2D eigenvalue weighted by molar-refractivity contribution is 5.94. The maximum atomic E-state index is 13.9. The zero-order valence-corrected chi connectivity index (χ0v) is 26.5. The summed E-state index contributed by atoms with van der Waals surface area (Å²) in [5.74, 6) is -2.15. The average molecular weight is 615 g/mol. The monoisotopic (exact) mass is 614 g/mol. The maximum absolute atomic E-state index is 13.9. The van der Waals surface area contributed by atoms with Crippen LogP contribution >= 0.6 is 0 Å². The van der Waals surface area contributed by atoms with E-state index in [4.69, 9.17) is 9.72 Å². The Morgan fingerprint density at radius 3 is 2.62 bits per heavy atom. The number of hydrogen-bond acceptors (Lipinski definition) is 8. The summed E-state index contributed by atoms with van der Waals surface area (Å²) < 4.78 is 5.83. The van der Waals surface area contributed by atoms with E-state index in [1.165, 1.54) is 11.3 Å². The summed E-state index contributed by atoms with van der Waals surface area (Å²) in [6, 6.07) is 7.93. The van der Waals surface area contributed by atoms with E-state index in [1.807, 2.05) is 70.2 Å². The molecule has 3 N–H and O–H groups in total. The Hall–Kier alpha value is -4.38. The summed E-state index contributed by atoms with van der Waals surface area (Å²) in [5.41, 5.74) is 5.06. The minimum absolute atomic E-state index is 0.0161. The molecule has 1 saturated heterocycles. The largest absolute Gasteiger partial charge is 0.455 e. The number of cyclic esters (lactones) is 1. The second-order valence-electron chi connectivity index (χ2n) is 13.0. The first-order valence-electron chi connectivity index (χ1n) is 15.6. The fourth-order valence-electron chi connectivity index (χ4n) is 5.69. The molecule has 1 fully saturated rings. The predicted molar refractivity (Wildman–Crippen MR) is 169 cm³/mol. The lowest BCUT2D eigenvalue weighted by Gasteiger charge is -2.35. The molecule has 3 aromatic rings. The number of benzene rings is 1. The Kier molecular flexibility index (Phi) is 9.48. The van der Waals surface area contributed by atoms with Gasteiger partial charge in [0, 0.05) is 48.0 Å². The molecule has 11 nitrogen and oxygen atoms in total. The van der Waals surface area contributed by atoms with Crippen LogP contribution in [0.15, 0.2) is 48.9 Å². The van der Waals surface area contributed by atoms with Gasteiger partial charge in [-0.05, 0) is 57.2 Å². The molecule has 11 heteroatoms. The molecule has 238 valence electrons. The molecule has 5 rings (SSSR count). The molecule has 4 heterocycles. The number of H-pyrrole nitrogens is 1. The van der Waals surface area contributed by atoms with Crippen molar-refractivity contribution in [1.29, 1.82) is 0 Å². The number of ether oxygens (including phenoxy) is 1. The van der Waals surface area contributed by atoms with Gasteiger partial charge in [0.15, 0.2) is 0 Å². The molecular weight excluding hydrogens is 572 g/mol. The normalized spacial score (nSPS) is 25.7. The van der Waals surface area contributed by atoms with E-state index in [0.717, 1.165) is 16.5 Å². The highest BCUT2D eigenvalue weighted by atomic mass is 16.5. The summed E-state index contributed by atoms with van der Waals surface area (Å²) in [6.07, 6.45) is 7.46. The quantitative estimate of drug-likeness (QED) is 0.374. The third-order valence-electron chi connectivity index (χ3n) is 8.74. The lowest BCUT2D eigenvalue weighted by molar-refractivity contribution is -0.157. The van der Waals surface area contributed by atoms with Crippen LogP contribution in [0.2, 0.25) is 0 Å². The van der Waals surface area contributed by atoms with Crippen LogP contribution in [0.1, 0.15) is 76.9 Å². The van der Waals surface area contributed by atoms with Crippen molar-refractivity contribution >= 4 is 40.5 Å². The van der Waals surface area contributed by atoms with Gasteiger partial charge in [0.25, 0.3) is 5.91 Å². The highest BCUT2D eigenvalue weighted by Crippen LogP contribution is 2.28. The van der Waals surface area contributed by atoms with Crippen molar-refractivity contribution in [2.24, 2.45) is 17.3 Å². The van der Waals surface area contributed by atoms with Crippen molar-refractivity contribution in [3.05, 3.63) is 65.9 Å². The van der Waals surface area contributed by atoms with Crippen molar-refractivity contribution in [1.82, 2.24) is 30.7 Å². The molecule has 0 saturated carbocycles. The Morgan fingerprint density at radius 2 is 1.89 bits per heavy atom. The van der Waals surface area contributed by atoms with E-state index in [2.05, 4.69) is 20.7 Å². The smallest absolute Gasteiger partial charge is 0.325 e. The van der Waals surface area contributed by atoms with Gasteiger partial charge < -0.3 is 15.0 Å². The minimum atomic E-state index is -0.959. The number of Topliss-reactive ketones (excluding diaryl/α,β-unsaturated/α-hetero) is 1. The van der Waals surface area contributed by atoms with Gasteiger partial charge in [0.05, 0.1) is 17.5 Å². The first-order valence-corrected chi connectivity index (χ1v) is 15.6. The van der Waals surface area contributed by atoms with E-state index in [9.17, 15) is 19.2 Å². The third kappa shape index (κ3) is 7.47. The number of imidazole rings is 1. The van der Waals surface area contributed by atoms with Crippen LogP contribution in [-0.2, 0) is 30.3 Å². The number of allylic oxidation sites excluding steroid dienone is 1. The number of hydrazine groups is 1. The fraction of sp³-hybridized carbons (Fsp3) is 0.471. The first-order chi connectivity index (χ1) is 21.4. The molecule has 45 heavy (non-hydrogen) atoms. The summed E-state index contributed by atoms with van der Waals surface area (Å²) in [4.78, 5) is 66.4. The second-order valence-corrected chi connectivity index (χ2v) is 13.0. The van der Waals surface area contributed by atoms with E-state index in [-0.39, 0.29) is 30.4 Å². The summed E-state index contributed by atoms with van der Waals surface area (Å²) in [5, 5.41) is 5.26. The third-order valence-corrected chi connectivity index (χ3v) is 8.74. The number of carbonyl (C=O) groups is 4. The number of nitrogens with one attached hydrogen (secondary N) is 3. The van der Waals surface area contributed by atoms with E-state index in [1.54, 1.807) is 13.1 Å². The van der Waals surface area contributed by atoms with Gasteiger partial charge in [0.2, 0.25) is 5.91 Å². The highest BCUT2D eigenvalue weighted by Gasteiger charge is 2.37. The number of ketones is 1. The molecule has 4 atom stereocenters. The van der Waals surface area contributed by atoms with E-state index >= 15 is 0 Å². The number of fused-ring (bicyclic) bond motifs is 4. The van der Waals surface area contributed by atoms with Gasteiger partial charge in [-0.3, -0.25) is 24.2 Å². The fourth-order valence-corrected chi connectivity index (χ4v) is 5.69. The Bertz CT molecular complexity index is 1600. The molecular formula is C34H42N6O5. The summed E-state index contributed by atoms with van der Waals surface area (Å²) in [7, 11) is 0. The van der Waals surface area contributed by atoms with Crippen molar-refractivity contribution in [3.63, 3.8) is 0 Å². The Labute approximate surface area is 263 Å². The molecule has 0 unspecified atom stereocenters. The topological polar surface area (TPSA) is 146 Å². The lowest BCUT2D eigenvalue weighted by atomic mass is 9.79. The van der Waals surface area contributed by atoms with Gasteiger partial charge >= 0.3 is 5.97 Å². The van der Waals surface area contributed by atoms with Crippen LogP contribution in [0.3, 0.4) is 0 Å². The van der Waals surface area contributed by atoms with Crippen molar-refractivity contribution in [3.8, 4) is 0 Å². The first kappa shape index (κ1) is 32.0. The number of amides is 2. The zero-order valence-electron chi connectivity index (χ0n) is 26.5. The van der Waals surface area contributed by atoms with Crippen LogP contribution in [0.25, 0.3) is 17.0 Å². The second kappa shape index (κ2) is 13.3. The van der Waals surface area contributed by atoms with Crippen LogP contribution in [-0.4, -0.2) is 62.2 Å². The van der Waals surface area contributed by atoms with Crippen molar-refractivity contribution in [2.45, 2.75) is 78.5 Å². The van der Waals surface area contributed by atoms with E-state index < -0.39 is 41.4 Å². The van der Waals surface area contributed by atoms with Gasteiger partial charge in [0.1, 0.15) is 24.0 Å². The van der Waals surface area contributed by atoms with Crippen molar-refractivity contribution < 1.29 is 23.9 Å². The molecule has 2 aromatic heterocycles. The van der Waals surface area contributed by atoms with Gasteiger partial charge in [-0.15, -0.1) is 0 Å². The predicted octanol–water partition coefficient (Wildman–Crippen LogP) is 4.07. The number of esters is 1. The SMILES string of the molecule is CC(C)[C@@H]1CC(=O)C(C)(C)/C=C/c2ccc3ccc(nc3c2)[C@@H](C)OC(=O)[C@@H]2CCCN(N2)C(=O)[C@H](Cc2cnc[nH]2)NC1=O. The van der Waals surface area contributed by atoms with Crippen LogP contribution < -0.4 is 10.7 Å². The van der Waals surface area contributed by atoms with Crippen LogP contribution in [0.4, 0.5) is 0 Å². The van der Waals surface area contributed by atoms with Gasteiger partial charge in [-0.25, -0.2) is 15.4 Å². The molecule has 0 radical (unpaired) electrons. The number of rotatable bonds is 3. The number of nitrogens with zero attached hydrogens (tertiary/aromatic N) is 3. The molecule has 2 aliphatic rings. The zero-order chi connectivity index (χ0) is 32.3. The molecule has 1 aromatic carbocycles. The Morgan fingerprint density at radius 1 is 1.11 bits per heavy atom. The van der Waals surface area contributed by atoms with E-state index in [0.29, 0.717) is 30.8 Å². The molecule has 0 spiro atoms. The number of aromatic nitrogens is 3. The molecule has 2 amide bonds. The standard InChI is InChI=1S/C34H42N6O5/c1-20(2)25-17-30(41)34(4,5)13-12-22-8-9-23-10-11-26(37-28(23)15-22)21(3)45-33(44)27-7-6-14-40(39-27)32(43)29(38-31(25)42)16-24-18-35-19-36-24/h8-13,15,18-21,25,27,29,39H,6-7,14,16-17H2,1-5H3,(H,35,36)(H,38,42)/b13-12+/t21-,25+,27+,29+/m1/s1. The summed E-state index contributed by atoms with van der Waals surface area (Å²) in [6.45, 7) is 9.60. The minimum Gasteiger partial charge on any atom is -0.455 e. The lowest BCUT2D eigenvalue weighted by Crippen LogP contribution is -2.61. The average Bonchev–Trinajstić information content (AvgIpc) is 3.54. The van der Waals surface area contributed by atoms with Crippen LogP contribution in [0.5, 0.6) is 0 Å². The molecule has 2 aliphatic heterocycles. The van der Waals surface area contributed by atoms with Gasteiger partial charge in [-0.1, -0.05) is 44.2 Å². The number of aromatic amines is 1. The number of pyridine rings is 1. The van der Waals surface area contributed by atoms with Gasteiger partial charge in [-0.2, -0.15) is 0 Å².